The van der Waals surface area contributed by atoms with Gasteiger partial charge in [0.2, 0.25) is 5.43 Å². The van der Waals surface area contributed by atoms with E-state index in [1.807, 2.05) is 66.2 Å². The van der Waals surface area contributed by atoms with E-state index in [1.54, 1.807) is 7.11 Å². The van der Waals surface area contributed by atoms with Crippen LogP contribution in [0.25, 0.3) is 21.8 Å². The minimum atomic E-state index is -0.136. The van der Waals surface area contributed by atoms with Gasteiger partial charge < -0.3 is 18.8 Å². The molecule has 0 spiro atoms. The second-order valence-electron chi connectivity index (χ2n) is 6.54. The Balaban J connectivity index is 1.93. The fraction of sp³-hybridized carbons (Fsp3) is 0.174. The van der Waals surface area contributed by atoms with Crippen molar-refractivity contribution in [1.82, 2.24) is 4.57 Å². The maximum atomic E-state index is 12.9. The van der Waals surface area contributed by atoms with Gasteiger partial charge in [-0.1, -0.05) is 42.5 Å². The standard InChI is InChI=1S/C23H21NO4/c1-24-22-17(12-20(26-2)21(27-3)13-18(22)25)16-10-7-11-19(23(16)24)28-14-15-8-5-4-6-9-15/h4-13H,14H2,1-3H3. The molecule has 0 atom stereocenters. The van der Waals surface area contributed by atoms with Gasteiger partial charge in [-0.3, -0.25) is 4.79 Å². The van der Waals surface area contributed by atoms with Crippen LogP contribution in [0.15, 0.2) is 65.5 Å². The van der Waals surface area contributed by atoms with Gasteiger partial charge in [-0.25, -0.2) is 0 Å². The van der Waals surface area contributed by atoms with Gasteiger partial charge in [0.15, 0.2) is 11.5 Å². The van der Waals surface area contributed by atoms with Crippen molar-refractivity contribution in [3.05, 3.63) is 76.5 Å². The summed E-state index contributed by atoms with van der Waals surface area (Å²) < 4.78 is 18.8. The summed E-state index contributed by atoms with van der Waals surface area (Å²) in [4.78, 5) is 12.9. The van der Waals surface area contributed by atoms with Crippen molar-refractivity contribution in [2.24, 2.45) is 7.05 Å². The minimum Gasteiger partial charge on any atom is -0.493 e. The monoisotopic (exact) mass is 375 g/mol. The Labute approximate surface area is 162 Å². The highest BCUT2D eigenvalue weighted by Gasteiger charge is 2.17. The van der Waals surface area contributed by atoms with Crippen molar-refractivity contribution < 1.29 is 14.2 Å². The maximum Gasteiger partial charge on any atom is 0.206 e. The molecular weight excluding hydrogens is 354 g/mol. The summed E-state index contributed by atoms with van der Waals surface area (Å²) in [6, 6.07) is 19.1. The van der Waals surface area contributed by atoms with Gasteiger partial charge in [-0.05, 0) is 17.7 Å². The Hall–Kier alpha value is -3.47. The molecule has 5 nitrogen and oxygen atoms in total. The predicted octanol–water partition coefficient (Wildman–Crippen LogP) is 4.29. The van der Waals surface area contributed by atoms with Crippen LogP contribution in [0.4, 0.5) is 0 Å². The van der Waals surface area contributed by atoms with Crippen LogP contribution in [0, 0.1) is 0 Å². The largest absolute Gasteiger partial charge is 0.493 e. The third-order valence-corrected chi connectivity index (χ3v) is 4.91. The number of nitrogens with zero attached hydrogens (tertiary/aromatic N) is 1. The quantitative estimate of drug-likeness (QED) is 0.522. The first-order chi connectivity index (χ1) is 13.6. The van der Waals surface area contributed by atoms with Crippen molar-refractivity contribution in [1.29, 1.82) is 0 Å². The average molecular weight is 375 g/mol. The van der Waals surface area contributed by atoms with Crippen LogP contribution in [0.3, 0.4) is 0 Å². The average Bonchev–Trinajstić information content (AvgIpc) is 2.92. The van der Waals surface area contributed by atoms with Gasteiger partial charge in [-0.15, -0.1) is 0 Å². The second-order valence-corrected chi connectivity index (χ2v) is 6.54. The SMILES string of the molecule is COc1cc(=O)c2c(cc1OC)c1cccc(OCc3ccccc3)c1n2C. The Kier molecular flexibility index (Phi) is 4.65. The third kappa shape index (κ3) is 2.95. The lowest BCUT2D eigenvalue weighted by Crippen LogP contribution is -2.03. The topological polar surface area (TPSA) is 49.7 Å². The molecule has 0 radical (unpaired) electrons. The molecule has 0 unspecified atom stereocenters. The maximum absolute atomic E-state index is 12.9. The van der Waals surface area contributed by atoms with E-state index in [4.69, 9.17) is 14.2 Å². The molecule has 0 saturated heterocycles. The van der Waals surface area contributed by atoms with Crippen molar-refractivity contribution in [2.75, 3.05) is 14.2 Å². The summed E-state index contributed by atoms with van der Waals surface area (Å²) in [5, 5.41) is 1.73. The van der Waals surface area contributed by atoms with E-state index in [0.29, 0.717) is 23.6 Å². The zero-order valence-corrected chi connectivity index (χ0v) is 16.1. The summed E-state index contributed by atoms with van der Waals surface area (Å²) in [6.45, 7) is 0.455. The molecule has 0 fully saturated rings. The highest BCUT2D eigenvalue weighted by Crippen LogP contribution is 2.36. The summed E-state index contributed by atoms with van der Waals surface area (Å²) in [5.41, 5.74) is 2.40. The molecule has 28 heavy (non-hydrogen) atoms. The molecule has 4 rings (SSSR count). The summed E-state index contributed by atoms with van der Waals surface area (Å²) in [7, 11) is 4.96. The van der Waals surface area contributed by atoms with Crippen molar-refractivity contribution in [2.45, 2.75) is 6.61 Å². The predicted molar refractivity (Wildman–Crippen MR) is 111 cm³/mol. The molecule has 3 aromatic carbocycles. The van der Waals surface area contributed by atoms with Gasteiger partial charge in [0.1, 0.15) is 12.4 Å². The molecule has 0 aliphatic heterocycles. The molecule has 0 N–H and O–H groups in total. The lowest BCUT2D eigenvalue weighted by Gasteiger charge is -2.09. The van der Waals surface area contributed by atoms with E-state index < -0.39 is 0 Å². The third-order valence-electron chi connectivity index (χ3n) is 4.91. The molecule has 4 aromatic rings. The van der Waals surface area contributed by atoms with Crippen LogP contribution >= 0.6 is 0 Å². The van der Waals surface area contributed by atoms with Gasteiger partial charge in [-0.2, -0.15) is 0 Å². The van der Waals surface area contributed by atoms with E-state index in [2.05, 4.69) is 0 Å². The van der Waals surface area contributed by atoms with Gasteiger partial charge >= 0.3 is 0 Å². The Bertz CT molecular complexity index is 1210. The fourth-order valence-electron chi connectivity index (χ4n) is 3.58. The van der Waals surface area contributed by atoms with E-state index >= 15 is 0 Å². The zero-order valence-electron chi connectivity index (χ0n) is 16.1. The van der Waals surface area contributed by atoms with E-state index in [1.165, 1.54) is 13.2 Å². The van der Waals surface area contributed by atoms with E-state index in [0.717, 1.165) is 27.6 Å². The molecule has 0 aliphatic carbocycles. The molecule has 0 amide bonds. The number of hydrogen-bond donors (Lipinski definition) is 0. The number of aromatic nitrogens is 1. The van der Waals surface area contributed by atoms with Crippen molar-refractivity contribution in [3.63, 3.8) is 0 Å². The number of ether oxygens (including phenoxy) is 3. The molecule has 0 bridgehead atoms. The first-order valence-corrected chi connectivity index (χ1v) is 8.98. The first-order valence-electron chi connectivity index (χ1n) is 8.98. The minimum absolute atomic E-state index is 0.136. The van der Waals surface area contributed by atoms with E-state index in [9.17, 15) is 4.79 Å². The van der Waals surface area contributed by atoms with Gasteiger partial charge in [0.25, 0.3) is 0 Å². The van der Waals surface area contributed by atoms with Crippen LogP contribution in [0.1, 0.15) is 5.56 Å². The Morgan fingerprint density at radius 1 is 0.786 bits per heavy atom. The number of rotatable bonds is 5. The molecule has 142 valence electrons. The van der Waals surface area contributed by atoms with Gasteiger partial charge in [0, 0.05) is 23.9 Å². The number of hydrogen-bond acceptors (Lipinski definition) is 4. The van der Waals surface area contributed by atoms with Crippen molar-refractivity contribution in [3.8, 4) is 17.2 Å². The second kappa shape index (κ2) is 7.27. The van der Waals surface area contributed by atoms with Crippen LogP contribution in [-0.2, 0) is 13.7 Å². The van der Waals surface area contributed by atoms with Crippen LogP contribution in [0.2, 0.25) is 0 Å². The first kappa shape index (κ1) is 17.9. The molecule has 5 heteroatoms. The number of methoxy groups -OCH3 is 2. The number of para-hydroxylation sites is 1. The van der Waals surface area contributed by atoms with Gasteiger partial charge in [0.05, 0.1) is 25.3 Å². The van der Waals surface area contributed by atoms with Crippen molar-refractivity contribution >= 4 is 21.8 Å². The highest BCUT2D eigenvalue weighted by atomic mass is 16.5. The number of benzene rings is 2. The fourth-order valence-corrected chi connectivity index (χ4v) is 3.58. The lowest BCUT2D eigenvalue weighted by molar-refractivity contribution is 0.309. The summed E-state index contributed by atoms with van der Waals surface area (Å²) >= 11 is 0. The smallest absolute Gasteiger partial charge is 0.206 e. The molecular formula is C23H21NO4. The summed E-state index contributed by atoms with van der Waals surface area (Å²) in [6.07, 6.45) is 0. The number of aryl methyl sites for hydroxylation is 1. The molecule has 1 aromatic heterocycles. The van der Waals surface area contributed by atoms with E-state index in [-0.39, 0.29) is 5.43 Å². The van der Waals surface area contributed by atoms with Crippen LogP contribution < -0.4 is 19.6 Å². The van der Waals surface area contributed by atoms with Crippen LogP contribution in [-0.4, -0.2) is 18.8 Å². The zero-order chi connectivity index (χ0) is 19.7. The molecule has 0 aliphatic rings. The summed E-state index contributed by atoms with van der Waals surface area (Å²) in [5.74, 6) is 1.65. The molecule has 0 saturated carbocycles. The van der Waals surface area contributed by atoms with Crippen LogP contribution in [0.5, 0.6) is 17.2 Å². The highest BCUT2D eigenvalue weighted by molar-refractivity contribution is 6.10. The normalized spacial score (nSPS) is 11.0. The molecule has 1 heterocycles. The lowest BCUT2D eigenvalue weighted by atomic mass is 10.2. The Morgan fingerprint density at radius 2 is 1.50 bits per heavy atom. The number of fused-ring (bicyclic) bond motifs is 3. The Morgan fingerprint density at radius 3 is 2.21 bits per heavy atom.